The highest BCUT2D eigenvalue weighted by Crippen LogP contribution is 2.37. The minimum absolute atomic E-state index is 0.0620. The van der Waals surface area contributed by atoms with Crippen LogP contribution in [0.25, 0.3) is 0 Å². The van der Waals surface area contributed by atoms with Crippen LogP contribution in [-0.2, 0) is 10.0 Å². The van der Waals surface area contributed by atoms with Crippen molar-refractivity contribution in [1.82, 2.24) is 0 Å². The van der Waals surface area contributed by atoms with E-state index in [1.807, 2.05) is 0 Å². The van der Waals surface area contributed by atoms with Gasteiger partial charge in [-0.2, -0.15) is 0 Å². The first kappa shape index (κ1) is 17.6. The molecule has 0 spiro atoms. The lowest BCUT2D eigenvalue weighted by molar-refractivity contribution is -0.274. The molecule has 1 aromatic heterocycles. The number of para-hydroxylation sites is 2. The second kappa shape index (κ2) is 6.38. The molecule has 0 atom stereocenters. The van der Waals surface area contributed by atoms with Gasteiger partial charge in [0.2, 0.25) is 0 Å². The van der Waals surface area contributed by atoms with Crippen LogP contribution < -0.4 is 9.46 Å². The Balaban J connectivity index is 2.34. The summed E-state index contributed by atoms with van der Waals surface area (Å²) in [5, 5.41) is 0. The van der Waals surface area contributed by atoms with Gasteiger partial charge in [0.15, 0.2) is 5.75 Å². The number of hydrogen-bond donors (Lipinski definition) is 1. The monoisotopic (exact) mass is 479 g/mol. The van der Waals surface area contributed by atoms with Gasteiger partial charge in [-0.1, -0.05) is 12.1 Å². The molecule has 0 aliphatic carbocycles. The van der Waals surface area contributed by atoms with Crippen molar-refractivity contribution in [3.05, 3.63) is 38.6 Å². The number of ether oxygens (including phenoxy) is 1. The van der Waals surface area contributed by atoms with E-state index in [2.05, 4.69) is 41.3 Å². The Morgan fingerprint density at radius 1 is 1.18 bits per heavy atom. The van der Waals surface area contributed by atoms with Gasteiger partial charge < -0.3 is 4.74 Å². The van der Waals surface area contributed by atoms with Crippen molar-refractivity contribution in [2.24, 2.45) is 0 Å². The van der Waals surface area contributed by atoms with Crippen LogP contribution in [-0.4, -0.2) is 14.8 Å². The molecule has 0 radical (unpaired) electrons. The first-order valence-electron chi connectivity index (χ1n) is 5.41. The van der Waals surface area contributed by atoms with Gasteiger partial charge in [-0.15, -0.1) is 24.5 Å². The molecule has 2 aromatic rings. The lowest BCUT2D eigenvalue weighted by Gasteiger charge is -2.14. The van der Waals surface area contributed by atoms with Crippen molar-refractivity contribution in [3.63, 3.8) is 0 Å². The second-order valence-electron chi connectivity index (χ2n) is 3.84. The number of alkyl halides is 3. The fourth-order valence-corrected chi connectivity index (χ4v) is 5.31. The van der Waals surface area contributed by atoms with E-state index in [4.69, 9.17) is 0 Å². The Morgan fingerprint density at radius 2 is 1.82 bits per heavy atom. The van der Waals surface area contributed by atoms with Gasteiger partial charge in [0.25, 0.3) is 10.0 Å². The van der Waals surface area contributed by atoms with Gasteiger partial charge in [-0.3, -0.25) is 4.72 Å². The van der Waals surface area contributed by atoms with Crippen molar-refractivity contribution in [2.45, 2.75) is 10.6 Å². The van der Waals surface area contributed by atoms with Crippen molar-refractivity contribution in [1.29, 1.82) is 0 Å². The Bertz CT molecular complexity index is 771. The van der Waals surface area contributed by atoms with Crippen LogP contribution in [0.4, 0.5) is 18.9 Å². The van der Waals surface area contributed by atoms with E-state index in [9.17, 15) is 21.6 Å². The Labute approximate surface area is 144 Å². The summed E-state index contributed by atoms with van der Waals surface area (Å²) in [5.41, 5.74) is -0.305. The third-order valence-corrected chi connectivity index (χ3v) is 7.34. The molecule has 2 rings (SSSR count). The molecule has 120 valence electrons. The quantitative estimate of drug-likeness (QED) is 0.671. The molecule has 0 amide bonds. The Kier molecular flexibility index (Phi) is 5.09. The maximum atomic E-state index is 12.3. The SMILES string of the molecule is O=S(=O)(Nc1ccccc1OC(F)(F)F)c1cc(Br)c(Br)s1. The van der Waals surface area contributed by atoms with E-state index in [0.717, 1.165) is 17.4 Å². The molecule has 1 heterocycles. The van der Waals surface area contributed by atoms with Crippen LogP contribution in [0.1, 0.15) is 0 Å². The van der Waals surface area contributed by atoms with E-state index >= 15 is 0 Å². The molecule has 0 unspecified atom stereocenters. The molecule has 0 saturated heterocycles. The molecule has 1 N–H and O–H groups in total. The minimum Gasteiger partial charge on any atom is -0.404 e. The Hall–Kier alpha value is -0.780. The van der Waals surface area contributed by atoms with Gasteiger partial charge in [0.05, 0.1) is 9.47 Å². The van der Waals surface area contributed by atoms with Crippen LogP contribution in [0.2, 0.25) is 0 Å². The van der Waals surface area contributed by atoms with E-state index in [-0.39, 0.29) is 9.90 Å². The number of anilines is 1. The fraction of sp³-hybridized carbons (Fsp3) is 0.0909. The normalized spacial score (nSPS) is 12.2. The zero-order chi connectivity index (χ0) is 16.5. The molecular formula is C11H6Br2F3NO3S2. The highest BCUT2D eigenvalue weighted by Gasteiger charge is 2.32. The van der Waals surface area contributed by atoms with Crippen LogP contribution >= 0.6 is 43.2 Å². The van der Waals surface area contributed by atoms with E-state index < -0.39 is 22.1 Å². The number of sulfonamides is 1. The molecule has 0 saturated carbocycles. The highest BCUT2D eigenvalue weighted by atomic mass is 79.9. The molecule has 11 heteroatoms. The summed E-state index contributed by atoms with van der Waals surface area (Å²) in [7, 11) is -4.03. The molecule has 0 bridgehead atoms. The summed E-state index contributed by atoms with van der Waals surface area (Å²) in [6, 6.07) is 6.23. The number of rotatable bonds is 4. The van der Waals surface area contributed by atoms with Crippen LogP contribution in [0.5, 0.6) is 5.75 Å². The van der Waals surface area contributed by atoms with Gasteiger partial charge in [-0.05, 0) is 50.1 Å². The number of nitrogens with one attached hydrogen (secondary N) is 1. The summed E-state index contributed by atoms with van der Waals surface area (Å²) >= 11 is 7.22. The van der Waals surface area contributed by atoms with Gasteiger partial charge in [0.1, 0.15) is 4.21 Å². The lowest BCUT2D eigenvalue weighted by atomic mass is 10.3. The molecule has 0 aliphatic rings. The first-order chi connectivity index (χ1) is 10.1. The number of benzene rings is 1. The zero-order valence-electron chi connectivity index (χ0n) is 10.3. The molecule has 1 aromatic carbocycles. The summed E-state index contributed by atoms with van der Waals surface area (Å²) in [6.07, 6.45) is -4.92. The van der Waals surface area contributed by atoms with Gasteiger partial charge in [0, 0.05) is 4.47 Å². The summed E-state index contributed by atoms with van der Waals surface area (Å²) in [5.74, 6) is -0.631. The third-order valence-electron chi connectivity index (χ3n) is 2.24. The molecule has 4 nitrogen and oxygen atoms in total. The molecule has 0 fully saturated rings. The summed E-state index contributed by atoms with van der Waals surface area (Å²) < 4.78 is 68.3. The fourth-order valence-electron chi connectivity index (χ4n) is 1.42. The largest absolute Gasteiger partial charge is 0.573 e. The van der Waals surface area contributed by atoms with Crippen molar-refractivity contribution >= 4 is 58.9 Å². The lowest BCUT2D eigenvalue weighted by Crippen LogP contribution is -2.19. The topological polar surface area (TPSA) is 55.4 Å². The maximum Gasteiger partial charge on any atom is 0.573 e. The number of hydrogen-bond acceptors (Lipinski definition) is 4. The zero-order valence-corrected chi connectivity index (χ0v) is 15.1. The van der Waals surface area contributed by atoms with Crippen molar-refractivity contribution < 1.29 is 26.3 Å². The van der Waals surface area contributed by atoms with Crippen LogP contribution in [0.3, 0.4) is 0 Å². The number of halogens is 5. The average molecular weight is 481 g/mol. The standard InChI is InChI=1S/C11H6Br2F3NO3S2/c12-6-5-9(21-10(6)13)22(18,19)17-7-3-1-2-4-8(7)20-11(14,15)16/h1-5,17H. The second-order valence-corrected chi connectivity index (χ2v) is 8.97. The third kappa shape index (κ3) is 4.37. The van der Waals surface area contributed by atoms with Crippen LogP contribution in [0, 0.1) is 0 Å². The Morgan fingerprint density at radius 3 is 2.36 bits per heavy atom. The van der Waals surface area contributed by atoms with E-state index in [1.54, 1.807) is 0 Å². The highest BCUT2D eigenvalue weighted by molar-refractivity contribution is 9.13. The van der Waals surface area contributed by atoms with Gasteiger partial charge in [-0.25, -0.2) is 8.42 Å². The predicted octanol–water partition coefficient (Wildman–Crippen LogP) is 4.97. The summed E-state index contributed by atoms with van der Waals surface area (Å²) in [6.45, 7) is 0. The molecular weight excluding hydrogens is 475 g/mol. The minimum atomic E-state index is -4.92. The van der Waals surface area contributed by atoms with Crippen molar-refractivity contribution in [3.8, 4) is 5.75 Å². The predicted molar refractivity (Wildman–Crippen MR) is 83.7 cm³/mol. The maximum absolute atomic E-state index is 12.3. The van der Waals surface area contributed by atoms with E-state index in [1.165, 1.54) is 24.3 Å². The smallest absolute Gasteiger partial charge is 0.404 e. The van der Waals surface area contributed by atoms with E-state index in [0.29, 0.717) is 8.26 Å². The molecule has 22 heavy (non-hydrogen) atoms. The first-order valence-corrected chi connectivity index (χ1v) is 9.29. The van der Waals surface area contributed by atoms with Crippen LogP contribution in [0.15, 0.2) is 42.8 Å². The summed E-state index contributed by atoms with van der Waals surface area (Å²) in [4.78, 5) is 0. The van der Waals surface area contributed by atoms with Crippen molar-refractivity contribution in [2.75, 3.05) is 4.72 Å². The molecule has 0 aliphatic heterocycles. The van der Waals surface area contributed by atoms with Gasteiger partial charge >= 0.3 is 6.36 Å². The average Bonchev–Trinajstić information content (AvgIpc) is 2.71. The number of thiophene rings is 1.